The van der Waals surface area contributed by atoms with E-state index >= 15 is 0 Å². The first-order chi connectivity index (χ1) is 11.6. The fraction of sp³-hybridized carbons (Fsp3) is 0.500. The zero-order chi connectivity index (χ0) is 16.7. The van der Waals surface area contributed by atoms with Crippen LogP contribution in [0, 0.1) is 0 Å². The highest BCUT2D eigenvalue weighted by Crippen LogP contribution is 2.41. The molecule has 0 spiro atoms. The minimum absolute atomic E-state index is 0.0543. The summed E-state index contributed by atoms with van der Waals surface area (Å²) >= 11 is 0. The van der Waals surface area contributed by atoms with Gasteiger partial charge >= 0.3 is 0 Å². The van der Waals surface area contributed by atoms with Gasteiger partial charge < -0.3 is 14.4 Å². The summed E-state index contributed by atoms with van der Waals surface area (Å²) in [6.07, 6.45) is -0.365. The van der Waals surface area contributed by atoms with Crippen molar-refractivity contribution in [3.63, 3.8) is 0 Å². The van der Waals surface area contributed by atoms with Gasteiger partial charge in [0.2, 0.25) is 5.82 Å². The normalized spacial score (nSPS) is 22.1. The lowest BCUT2D eigenvalue weighted by Crippen LogP contribution is -2.42. The average Bonchev–Trinajstić information content (AvgIpc) is 3.23. The van der Waals surface area contributed by atoms with E-state index in [0.717, 1.165) is 5.56 Å². The number of para-hydroxylation sites is 1. The monoisotopic (exact) mass is 329 g/mol. The summed E-state index contributed by atoms with van der Waals surface area (Å²) in [4.78, 5) is 14.8. The quantitative estimate of drug-likeness (QED) is 0.886. The summed E-state index contributed by atoms with van der Waals surface area (Å²) in [6.45, 7) is 6.18. The first kappa shape index (κ1) is 15.1. The van der Waals surface area contributed by atoms with E-state index in [0.29, 0.717) is 43.4 Å². The average molecular weight is 329 g/mol. The van der Waals surface area contributed by atoms with E-state index in [9.17, 15) is 4.79 Å². The van der Waals surface area contributed by atoms with Crippen LogP contribution in [0.1, 0.15) is 41.7 Å². The maximum absolute atomic E-state index is 13.0. The number of aromatic nitrogens is 4. The Balaban J connectivity index is 1.60. The van der Waals surface area contributed by atoms with E-state index in [4.69, 9.17) is 9.47 Å². The van der Waals surface area contributed by atoms with Crippen molar-refractivity contribution in [3.05, 3.63) is 35.2 Å². The molecule has 2 aliphatic heterocycles. The van der Waals surface area contributed by atoms with E-state index in [1.54, 1.807) is 4.90 Å². The second kappa shape index (κ2) is 5.55. The lowest BCUT2D eigenvalue weighted by atomic mass is 9.86. The zero-order valence-corrected chi connectivity index (χ0v) is 13.7. The Morgan fingerprint density at radius 3 is 3.08 bits per heavy atom. The molecule has 0 radical (unpaired) electrons. The molecule has 1 saturated heterocycles. The van der Waals surface area contributed by atoms with Crippen molar-refractivity contribution in [1.82, 2.24) is 25.5 Å². The van der Waals surface area contributed by atoms with Crippen molar-refractivity contribution in [2.45, 2.75) is 25.4 Å². The van der Waals surface area contributed by atoms with Crippen molar-refractivity contribution in [2.75, 3.05) is 26.3 Å². The fourth-order valence-electron chi connectivity index (χ4n) is 3.19. The molecule has 8 heteroatoms. The Bertz CT molecular complexity index is 759. The van der Waals surface area contributed by atoms with Gasteiger partial charge in [-0.05, 0) is 6.07 Å². The number of nitrogens with zero attached hydrogens (tertiary/aromatic N) is 4. The predicted octanol–water partition coefficient (Wildman–Crippen LogP) is 1.08. The number of amides is 1. The maximum Gasteiger partial charge on any atom is 0.257 e. The summed E-state index contributed by atoms with van der Waals surface area (Å²) in [7, 11) is 0. The van der Waals surface area contributed by atoms with Crippen molar-refractivity contribution in [2.24, 2.45) is 0 Å². The molecule has 126 valence electrons. The molecule has 4 rings (SSSR count). The Morgan fingerprint density at radius 1 is 1.42 bits per heavy atom. The SMILES string of the molecule is CC1(C)COc2c(C(=O)N3CCOC(c4nn[nH]n4)C3)cccc21. The van der Waals surface area contributed by atoms with Crippen LogP contribution in [0.4, 0.5) is 0 Å². The van der Waals surface area contributed by atoms with Gasteiger partial charge in [-0.25, -0.2) is 0 Å². The van der Waals surface area contributed by atoms with Crippen LogP contribution in [0.5, 0.6) is 5.75 Å². The van der Waals surface area contributed by atoms with Gasteiger partial charge in [-0.1, -0.05) is 31.2 Å². The summed E-state index contributed by atoms with van der Waals surface area (Å²) in [5.41, 5.74) is 1.60. The first-order valence-corrected chi connectivity index (χ1v) is 7.97. The summed E-state index contributed by atoms with van der Waals surface area (Å²) in [5.74, 6) is 1.11. The Labute approximate surface area is 139 Å². The van der Waals surface area contributed by atoms with Crippen LogP contribution in [0.25, 0.3) is 0 Å². The molecule has 2 aromatic rings. The molecule has 1 aromatic carbocycles. The fourth-order valence-corrected chi connectivity index (χ4v) is 3.19. The molecule has 1 atom stereocenters. The number of fused-ring (bicyclic) bond motifs is 1. The molecule has 3 heterocycles. The summed E-state index contributed by atoms with van der Waals surface area (Å²) in [6, 6.07) is 5.77. The van der Waals surface area contributed by atoms with Crippen molar-refractivity contribution in [1.29, 1.82) is 0 Å². The molecule has 1 unspecified atom stereocenters. The Kier molecular flexibility index (Phi) is 3.49. The molecule has 24 heavy (non-hydrogen) atoms. The lowest BCUT2D eigenvalue weighted by Gasteiger charge is -2.31. The number of aromatic amines is 1. The molecule has 0 aliphatic carbocycles. The smallest absolute Gasteiger partial charge is 0.257 e. The molecule has 1 amide bonds. The second-order valence-corrected chi connectivity index (χ2v) is 6.74. The van der Waals surface area contributed by atoms with Crippen LogP contribution in [-0.2, 0) is 10.2 Å². The van der Waals surface area contributed by atoms with Gasteiger partial charge in [0, 0.05) is 17.5 Å². The number of nitrogens with one attached hydrogen (secondary N) is 1. The molecule has 0 saturated carbocycles. The largest absolute Gasteiger partial charge is 0.492 e. The summed E-state index contributed by atoms with van der Waals surface area (Å²) in [5, 5.41) is 13.9. The van der Waals surface area contributed by atoms with Gasteiger partial charge in [0.1, 0.15) is 11.9 Å². The minimum atomic E-state index is -0.365. The van der Waals surface area contributed by atoms with E-state index in [1.807, 2.05) is 18.2 Å². The highest BCUT2D eigenvalue weighted by molar-refractivity contribution is 5.97. The van der Waals surface area contributed by atoms with Crippen LogP contribution < -0.4 is 4.74 Å². The van der Waals surface area contributed by atoms with Gasteiger partial charge in [0.15, 0.2) is 0 Å². The van der Waals surface area contributed by atoms with Crippen molar-refractivity contribution in [3.8, 4) is 5.75 Å². The minimum Gasteiger partial charge on any atom is -0.492 e. The maximum atomic E-state index is 13.0. The molecule has 1 N–H and O–H groups in total. The topological polar surface area (TPSA) is 93.2 Å². The lowest BCUT2D eigenvalue weighted by molar-refractivity contribution is -0.0268. The first-order valence-electron chi connectivity index (χ1n) is 7.97. The number of morpholine rings is 1. The van der Waals surface area contributed by atoms with Crippen molar-refractivity contribution < 1.29 is 14.3 Å². The zero-order valence-electron chi connectivity index (χ0n) is 13.7. The molecular formula is C16H19N5O3. The number of hydrogen-bond acceptors (Lipinski definition) is 6. The third-order valence-electron chi connectivity index (χ3n) is 4.56. The third-order valence-corrected chi connectivity index (χ3v) is 4.56. The molecule has 1 aromatic heterocycles. The van der Waals surface area contributed by atoms with Crippen LogP contribution in [-0.4, -0.2) is 57.7 Å². The third kappa shape index (κ3) is 2.43. The highest BCUT2D eigenvalue weighted by atomic mass is 16.5. The molecule has 1 fully saturated rings. The van der Waals surface area contributed by atoms with E-state index in [2.05, 4.69) is 34.5 Å². The molecule has 2 aliphatic rings. The number of carbonyl (C=O) groups excluding carboxylic acids is 1. The number of carbonyl (C=O) groups is 1. The molecule has 8 nitrogen and oxygen atoms in total. The highest BCUT2D eigenvalue weighted by Gasteiger charge is 2.36. The van der Waals surface area contributed by atoms with Crippen LogP contribution in [0.3, 0.4) is 0 Å². The standard InChI is InChI=1S/C16H19N5O3/c1-16(2)9-24-13-10(4-3-5-11(13)16)15(22)21-6-7-23-12(8-21)14-17-19-20-18-14/h3-5,12H,6-9H2,1-2H3,(H,17,18,19,20). The number of H-pyrrole nitrogens is 1. The van der Waals surface area contributed by atoms with Gasteiger partial charge in [0.25, 0.3) is 5.91 Å². The number of ether oxygens (including phenoxy) is 2. The van der Waals surface area contributed by atoms with Crippen LogP contribution >= 0.6 is 0 Å². The van der Waals surface area contributed by atoms with Gasteiger partial charge in [-0.2, -0.15) is 5.21 Å². The van der Waals surface area contributed by atoms with E-state index in [-0.39, 0.29) is 17.4 Å². The Hall–Kier alpha value is -2.48. The molecular weight excluding hydrogens is 310 g/mol. The number of benzene rings is 1. The summed E-state index contributed by atoms with van der Waals surface area (Å²) < 4.78 is 11.5. The number of tetrazole rings is 1. The predicted molar refractivity (Wildman–Crippen MR) is 83.7 cm³/mol. The van der Waals surface area contributed by atoms with E-state index < -0.39 is 0 Å². The van der Waals surface area contributed by atoms with Crippen molar-refractivity contribution >= 4 is 5.91 Å². The molecule has 0 bridgehead atoms. The van der Waals surface area contributed by atoms with Gasteiger partial charge in [-0.3, -0.25) is 4.79 Å². The van der Waals surface area contributed by atoms with Gasteiger partial charge in [0.05, 0.1) is 25.3 Å². The van der Waals surface area contributed by atoms with Gasteiger partial charge in [-0.15, -0.1) is 10.2 Å². The number of hydrogen-bond donors (Lipinski definition) is 1. The Morgan fingerprint density at radius 2 is 2.29 bits per heavy atom. The van der Waals surface area contributed by atoms with E-state index in [1.165, 1.54) is 0 Å². The number of rotatable bonds is 2. The van der Waals surface area contributed by atoms with Crippen LogP contribution in [0.2, 0.25) is 0 Å². The van der Waals surface area contributed by atoms with Crippen LogP contribution in [0.15, 0.2) is 18.2 Å². The second-order valence-electron chi connectivity index (χ2n) is 6.74.